The molecule has 19 heavy (non-hydrogen) atoms. The van der Waals surface area contributed by atoms with Gasteiger partial charge in [-0.15, -0.1) is 0 Å². The van der Waals surface area contributed by atoms with Crippen LogP contribution in [0.2, 0.25) is 12.1 Å². The van der Waals surface area contributed by atoms with Crippen LogP contribution in [-0.2, 0) is 8.85 Å². The van der Waals surface area contributed by atoms with E-state index in [2.05, 4.69) is 12.2 Å². The highest BCUT2D eigenvalue weighted by Gasteiger charge is 2.33. The van der Waals surface area contributed by atoms with Crippen LogP contribution in [0.4, 0.5) is 0 Å². The fraction of sp³-hybridized carbons (Fsp3) is 1.00. The molecule has 0 saturated carbocycles. The number of hydrogen-bond acceptors (Lipinski definition) is 4. The lowest BCUT2D eigenvalue weighted by Gasteiger charge is -2.27. The Hall–Kier alpha value is 0.0569. The van der Waals surface area contributed by atoms with E-state index in [-0.39, 0.29) is 0 Å². The smallest absolute Gasteiger partial charge is 0.337 e. The van der Waals surface area contributed by atoms with E-state index in [1.165, 1.54) is 19.3 Å². The Balaban J connectivity index is 3.50. The van der Waals surface area contributed by atoms with E-state index >= 15 is 0 Å². The molecule has 0 radical (unpaired) electrons. The minimum Gasteiger partial charge on any atom is -0.398 e. The number of unbranched alkanes of at least 4 members (excludes halogenated alkanes) is 3. The average Bonchev–Trinajstić information content (AvgIpc) is 2.44. The normalized spacial score (nSPS) is 12.0. The molecular weight excluding hydrogens is 256 g/mol. The van der Waals surface area contributed by atoms with Crippen molar-refractivity contribution in [3.05, 3.63) is 0 Å². The van der Waals surface area contributed by atoms with Crippen molar-refractivity contribution in [3.63, 3.8) is 0 Å². The molecular formula is C14H34N2O2Si. The summed E-state index contributed by atoms with van der Waals surface area (Å²) in [5.41, 5.74) is 5.47. The molecule has 116 valence electrons. The summed E-state index contributed by atoms with van der Waals surface area (Å²) in [6.07, 6.45) is 7.25. The SMILES string of the molecule is CCC[Si](CCCNCCCCCCN)(OC)OC. The lowest BCUT2D eigenvalue weighted by molar-refractivity contribution is 0.239. The Bertz CT molecular complexity index is 190. The highest BCUT2D eigenvalue weighted by atomic mass is 28.4. The van der Waals surface area contributed by atoms with Gasteiger partial charge < -0.3 is 19.9 Å². The molecule has 0 aliphatic heterocycles. The Labute approximate surface area is 120 Å². The molecule has 0 saturated heterocycles. The zero-order valence-electron chi connectivity index (χ0n) is 13.2. The van der Waals surface area contributed by atoms with Gasteiger partial charge in [0.2, 0.25) is 0 Å². The summed E-state index contributed by atoms with van der Waals surface area (Å²) in [5, 5.41) is 3.51. The number of nitrogens with one attached hydrogen (secondary N) is 1. The first-order chi connectivity index (χ1) is 9.24. The third kappa shape index (κ3) is 9.57. The standard InChI is InChI=1S/C14H34N2O2Si/c1-4-13-19(17-2,18-3)14-9-12-16-11-8-6-5-7-10-15/h16H,4-15H2,1-3H3. The number of nitrogens with two attached hydrogens (primary N) is 1. The Morgan fingerprint density at radius 3 is 2.11 bits per heavy atom. The highest BCUT2D eigenvalue weighted by molar-refractivity contribution is 6.67. The van der Waals surface area contributed by atoms with Crippen molar-refractivity contribution >= 4 is 8.56 Å². The van der Waals surface area contributed by atoms with Gasteiger partial charge >= 0.3 is 8.56 Å². The first-order valence-corrected chi connectivity index (χ1v) is 9.99. The van der Waals surface area contributed by atoms with Crippen LogP contribution in [-0.4, -0.2) is 42.4 Å². The number of rotatable bonds is 14. The van der Waals surface area contributed by atoms with E-state index in [9.17, 15) is 0 Å². The zero-order valence-corrected chi connectivity index (χ0v) is 14.2. The molecule has 4 nitrogen and oxygen atoms in total. The van der Waals surface area contributed by atoms with Crippen molar-refractivity contribution in [2.24, 2.45) is 5.73 Å². The second kappa shape index (κ2) is 13.1. The maximum Gasteiger partial charge on any atom is 0.337 e. The second-order valence-electron chi connectivity index (χ2n) is 5.13. The van der Waals surface area contributed by atoms with Crippen LogP contribution in [0.25, 0.3) is 0 Å². The zero-order chi connectivity index (χ0) is 14.4. The third-order valence-corrected chi connectivity index (χ3v) is 7.46. The quantitative estimate of drug-likeness (QED) is 0.381. The molecule has 0 amide bonds. The molecule has 0 atom stereocenters. The van der Waals surface area contributed by atoms with Crippen molar-refractivity contribution in [3.8, 4) is 0 Å². The van der Waals surface area contributed by atoms with E-state index in [0.29, 0.717) is 0 Å². The van der Waals surface area contributed by atoms with Gasteiger partial charge in [0.15, 0.2) is 0 Å². The summed E-state index contributed by atoms with van der Waals surface area (Å²) in [6, 6.07) is 2.19. The fourth-order valence-electron chi connectivity index (χ4n) is 2.35. The summed E-state index contributed by atoms with van der Waals surface area (Å²) in [4.78, 5) is 0. The summed E-state index contributed by atoms with van der Waals surface area (Å²) >= 11 is 0. The molecule has 0 rings (SSSR count). The molecule has 5 heteroatoms. The first kappa shape index (κ1) is 19.1. The monoisotopic (exact) mass is 290 g/mol. The first-order valence-electron chi connectivity index (χ1n) is 7.75. The fourth-order valence-corrected chi connectivity index (χ4v) is 5.06. The molecule has 0 unspecified atom stereocenters. The summed E-state index contributed by atoms with van der Waals surface area (Å²) < 4.78 is 11.4. The third-order valence-electron chi connectivity index (χ3n) is 3.59. The minimum absolute atomic E-state index is 0.825. The second-order valence-corrected chi connectivity index (χ2v) is 8.76. The van der Waals surface area contributed by atoms with Crippen molar-refractivity contribution in [1.82, 2.24) is 5.32 Å². The molecule has 0 spiro atoms. The summed E-state index contributed by atoms with van der Waals surface area (Å²) in [7, 11) is 1.72. The van der Waals surface area contributed by atoms with Crippen LogP contribution in [0, 0.1) is 0 Å². The largest absolute Gasteiger partial charge is 0.398 e. The average molecular weight is 291 g/mol. The van der Waals surface area contributed by atoms with Crippen molar-refractivity contribution in [2.75, 3.05) is 33.9 Å². The van der Waals surface area contributed by atoms with Gasteiger partial charge in [0.25, 0.3) is 0 Å². The van der Waals surface area contributed by atoms with Gasteiger partial charge in [-0.05, 0) is 51.0 Å². The lowest BCUT2D eigenvalue weighted by Crippen LogP contribution is -2.40. The van der Waals surface area contributed by atoms with E-state index in [1.54, 1.807) is 14.2 Å². The van der Waals surface area contributed by atoms with E-state index in [4.69, 9.17) is 14.6 Å². The van der Waals surface area contributed by atoms with Crippen LogP contribution in [0.3, 0.4) is 0 Å². The van der Waals surface area contributed by atoms with Gasteiger partial charge in [0.05, 0.1) is 0 Å². The molecule has 0 aliphatic rings. The predicted molar refractivity (Wildman–Crippen MR) is 84.7 cm³/mol. The van der Waals surface area contributed by atoms with Gasteiger partial charge in [-0.1, -0.05) is 26.2 Å². The molecule has 0 heterocycles. The molecule has 0 aromatic heterocycles. The van der Waals surface area contributed by atoms with Crippen LogP contribution in [0.5, 0.6) is 0 Å². The van der Waals surface area contributed by atoms with Crippen LogP contribution in [0.1, 0.15) is 45.4 Å². The molecule has 0 fully saturated rings. The molecule has 0 bridgehead atoms. The van der Waals surface area contributed by atoms with Gasteiger partial charge in [-0.25, -0.2) is 0 Å². The lowest BCUT2D eigenvalue weighted by atomic mass is 10.2. The number of hydrogen-bond donors (Lipinski definition) is 2. The van der Waals surface area contributed by atoms with Gasteiger partial charge in [0.1, 0.15) is 0 Å². The maximum atomic E-state index is 5.68. The topological polar surface area (TPSA) is 56.5 Å². The maximum absolute atomic E-state index is 5.68. The molecule has 0 aromatic rings. The van der Waals surface area contributed by atoms with E-state index < -0.39 is 8.56 Å². The molecule has 3 N–H and O–H groups in total. The van der Waals surface area contributed by atoms with Crippen molar-refractivity contribution < 1.29 is 8.85 Å². The Kier molecular flexibility index (Phi) is 13.1. The van der Waals surface area contributed by atoms with Crippen LogP contribution >= 0.6 is 0 Å². The minimum atomic E-state index is -1.88. The summed E-state index contributed by atoms with van der Waals surface area (Å²) in [5.74, 6) is 0. The molecule has 0 aliphatic carbocycles. The van der Waals surface area contributed by atoms with E-state index in [1.807, 2.05) is 0 Å². The van der Waals surface area contributed by atoms with Crippen molar-refractivity contribution in [1.29, 1.82) is 0 Å². The highest BCUT2D eigenvalue weighted by Crippen LogP contribution is 2.20. The van der Waals surface area contributed by atoms with Gasteiger partial charge in [-0.3, -0.25) is 0 Å². The molecule has 0 aromatic carbocycles. The van der Waals surface area contributed by atoms with Crippen molar-refractivity contribution in [2.45, 2.75) is 57.5 Å². The predicted octanol–water partition coefficient (Wildman–Crippen LogP) is 2.63. The van der Waals surface area contributed by atoms with Crippen LogP contribution < -0.4 is 11.1 Å². The Morgan fingerprint density at radius 2 is 1.53 bits per heavy atom. The van der Waals surface area contributed by atoms with Crippen LogP contribution in [0.15, 0.2) is 0 Å². The Morgan fingerprint density at radius 1 is 0.895 bits per heavy atom. The van der Waals surface area contributed by atoms with Gasteiger partial charge in [-0.2, -0.15) is 0 Å². The van der Waals surface area contributed by atoms with E-state index in [0.717, 1.165) is 51.0 Å². The summed E-state index contributed by atoms with van der Waals surface area (Å²) in [6.45, 7) is 5.21. The van der Waals surface area contributed by atoms with Gasteiger partial charge in [0, 0.05) is 14.2 Å².